The summed E-state index contributed by atoms with van der Waals surface area (Å²) in [6.07, 6.45) is 8.05. The van der Waals surface area contributed by atoms with Crippen molar-refractivity contribution in [3.05, 3.63) is 89.8 Å². The van der Waals surface area contributed by atoms with Crippen LogP contribution in [0, 0.1) is 6.92 Å². The summed E-state index contributed by atoms with van der Waals surface area (Å²) in [7, 11) is 2.72. The fourth-order valence-electron chi connectivity index (χ4n) is 3.32. The van der Waals surface area contributed by atoms with E-state index in [9.17, 15) is 4.79 Å². The van der Waals surface area contributed by atoms with Crippen LogP contribution in [-0.4, -0.2) is 79.9 Å². The van der Waals surface area contributed by atoms with Crippen LogP contribution in [0.3, 0.4) is 0 Å². The van der Waals surface area contributed by atoms with Gasteiger partial charge in [-0.1, -0.05) is 18.2 Å². The molecule has 1 atom stereocenters. The maximum atomic E-state index is 10.1. The molecule has 0 bridgehead atoms. The molecule has 37 heavy (non-hydrogen) atoms. The minimum absolute atomic E-state index is 0.177. The van der Waals surface area contributed by atoms with Crippen molar-refractivity contribution in [3.8, 4) is 0 Å². The van der Waals surface area contributed by atoms with Gasteiger partial charge in [-0.2, -0.15) is 0 Å². The highest BCUT2D eigenvalue weighted by molar-refractivity contribution is 5.46. The van der Waals surface area contributed by atoms with E-state index in [2.05, 4.69) is 38.9 Å². The van der Waals surface area contributed by atoms with Gasteiger partial charge in [0.2, 0.25) is 6.41 Å². The summed E-state index contributed by atoms with van der Waals surface area (Å²) in [5.74, 6) is 0. The van der Waals surface area contributed by atoms with Gasteiger partial charge in [-0.25, -0.2) is 0 Å². The zero-order valence-corrected chi connectivity index (χ0v) is 22.1. The number of nitrogens with zero attached hydrogens (tertiary/aromatic N) is 5. The van der Waals surface area contributed by atoms with Gasteiger partial charge in [0.05, 0.1) is 29.8 Å². The molecule has 3 aromatic rings. The highest BCUT2D eigenvalue weighted by atomic mass is 16.3. The molecular weight excluding hydrogens is 470 g/mol. The van der Waals surface area contributed by atoms with Crippen LogP contribution in [0.1, 0.15) is 41.9 Å². The van der Waals surface area contributed by atoms with Crippen LogP contribution in [0.25, 0.3) is 0 Å². The predicted octanol–water partition coefficient (Wildman–Crippen LogP) is 2.59. The summed E-state index contributed by atoms with van der Waals surface area (Å²) in [4.78, 5) is 27.4. The molecule has 3 aromatic heterocycles. The second kappa shape index (κ2) is 19.9. The van der Waals surface area contributed by atoms with E-state index in [1.54, 1.807) is 11.9 Å². The van der Waals surface area contributed by atoms with Crippen molar-refractivity contribution in [2.24, 2.45) is 0 Å². The van der Waals surface area contributed by atoms with Gasteiger partial charge in [-0.3, -0.25) is 24.6 Å². The largest absolute Gasteiger partial charge is 0.400 e. The molecule has 3 rings (SSSR count). The van der Waals surface area contributed by atoms with Crippen LogP contribution in [-0.2, 0) is 24.4 Å². The molecular formula is C28H41N5O4. The molecule has 0 aliphatic heterocycles. The zero-order chi connectivity index (χ0) is 27.3. The minimum atomic E-state index is -0.605. The third kappa shape index (κ3) is 14.8. The predicted molar refractivity (Wildman–Crippen MR) is 144 cm³/mol. The van der Waals surface area contributed by atoms with Crippen LogP contribution in [0.15, 0.2) is 67.1 Å². The number of carbonyl (C=O) groups excluding carboxylic acids is 1. The molecule has 0 aromatic carbocycles. The minimum Gasteiger partial charge on any atom is -0.400 e. The Morgan fingerprint density at radius 2 is 1.43 bits per heavy atom. The van der Waals surface area contributed by atoms with Crippen LogP contribution in [0.2, 0.25) is 0 Å². The molecule has 1 unspecified atom stereocenters. The lowest BCUT2D eigenvalue weighted by molar-refractivity contribution is -0.117. The SMILES string of the molecule is CN(C=O)CCCCC(O)CO.CO.Cc1ccc(CN(Cc2ccccn2)Cc2ccccn2)nc1. The van der Waals surface area contributed by atoms with Gasteiger partial charge in [0.1, 0.15) is 0 Å². The number of aryl methyl sites for hydroxylation is 1. The van der Waals surface area contributed by atoms with Gasteiger partial charge in [0.15, 0.2) is 0 Å². The van der Waals surface area contributed by atoms with E-state index in [0.717, 1.165) is 63.1 Å². The molecule has 9 heteroatoms. The first-order valence-corrected chi connectivity index (χ1v) is 12.3. The third-order valence-corrected chi connectivity index (χ3v) is 5.27. The summed E-state index contributed by atoms with van der Waals surface area (Å²) in [5, 5.41) is 24.4. The van der Waals surface area contributed by atoms with Crippen molar-refractivity contribution in [1.82, 2.24) is 24.8 Å². The number of pyridine rings is 3. The lowest BCUT2D eigenvalue weighted by Crippen LogP contribution is -2.24. The average Bonchev–Trinajstić information content (AvgIpc) is 2.94. The number of aromatic nitrogens is 3. The first-order chi connectivity index (χ1) is 18.0. The summed E-state index contributed by atoms with van der Waals surface area (Å²) < 4.78 is 0. The fraction of sp³-hybridized carbons (Fsp3) is 0.429. The quantitative estimate of drug-likeness (QED) is 0.236. The third-order valence-electron chi connectivity index (χ3n) is 5.27. The van der Waals surface area contributed by atoms with E-state index in [1.807, 2.05) is 55.0 Å². The Hall–Kier alpha value is -3.24. The van der Waals surface area contributed by atoms with Crippen molar-refractivity contribution in [3.63, 3.8) is 0 Å². The van der Waals surface area contributed by atoms with Gasteiger partial charge in [0.25, 0.3) is 0 Å². The van der Waals surface area contributed by atoms with Crippen LogP contribution in [0.4, 0.5) is 0 Å². The molecule has 202 valence electrons. The summed E-state index contributed by atoms with van der Waals surface area (Å²) in [6, 6.07) is 16.2. The van der Waals surface area contributed by atoms with E-state index in [1.165, 1.54) is 5.56 Å². The summed E-state index contributed by atoms with van der Waals surface area (Å²) >= 11 is 0. The number of hydrogen-bond donors (Lipinski definition) is 3. The zero-order valence-electron chi connectivity index (χ0n) is 22.1. The smallest absolute Gasteiger partial charge is 0.209 e. The van der Waals surface area contributed by atoms with E-state index < -0.39 is 6.10 Å². The van der Waals surface area contributed by atoms with Crippen LogP contribution < -0.4 is 0 Å². The van der Waals surface area contributed by atoms with Crippen molar-refractivity contribution >= 4 is 6.41 Å². The number of aliphatic hydroxyl groups excluding tert-OH is 3. The fourth-order valence-corrected chi connectivity index (χ4v) is 3.32. The highest BCUT2D eigenvalue weighted by Crippen LogP contribution is 2.11. The molecule has 0 spiro atoms. The molecule has 0 fully saturated rings. The van der Waals surface area contributed by atoms with Crippen molar-refractivity contribution in [2.75, 3.05) is 27.3 Å². The van der Waals surface area contributed by atoms with E-state index >= 15 is 0 Å². The van der Waals surface area contributed by atoms with Gasteiger partial charge in [-0.05, 0) is 62.1 Å². The molecule has 0 aliphatic carbocycles. The van der Waals surface area contributed by atoms with Gasteiger partial charge < -0.3 is 20.2 Å². The summed E-state index contributed by atoms with van der Waals surface area (Å²) in [5.41, 5.74) is 4.34. The lowest BCUT2D eigenvalue weighted by Gasteiger charge is -2.21. The molecule has 3 heterocycles. The second-order valence-electron chi connectivity index (χ2n) is 8.53. The van der Waals surface area contributed by atoms with Crippen molar-refractivity contribution in [2.45, 2.75) is 51.9 Å². The van der Waals surface area contributed by atoms with E-state index in [0.29, 0.717) is 13.0 Å². The highest BCUT2D eigenvalue weighted by Gasteiger charge is 2.10. The number of carbonyl (C=O) groups is 1. The monoisotopic (exact) mass is 511 g/mol. The van der Waals surface area contributed by atoms with Gasteiger partial charge in [0, 0.05) is 58.9 Å². The number of rotatable bonds is 13. The lowest BCUT2D eigenvalue weighted by atomic mass is 10.1. The van der Waals surface area contributed by atoms with Crippen molar-refractivity contribution in [1.29, 1.82) is 0 Å². The van der Waals surface area contributed by atoms with E-state index in [-0.39, 0.29) is 6.61 Å². The standard InChI is InChI=1S/C19H20N4.C8H17NO3.CH4O/c1-16-8-9-19(22-12-16)15-23(13-17-6-2-4-10-20-17)14-18-7-3-5-11-21-18;1-9(7-11)5-3-2-4-8(12)6-10;1-2/h2-12H,13-15H2,1H3;7-8,10,12H,2-6H2,1H3;2H,1H3. The Kier molecular flexibility index (Phi) is 17.1. The maximum absolute atomic E-state index is 10.1. The Morgan fingerprint density at radius 3 is 1.86 bits per heavy atom. The molecule has 0 saturated heterocycles. The van der Waals surface area contributed by atoms with Gasteiger partial charge in [-0.15, -0.1) is 0 Å². The molecule has 0 aliphatic rings. The molecule has 1 amide bonds. The first kappa shape index (κ1) is 31.8. The number of unbranched alkanes of at least 4 members (excludes halogenated alkanes) is 1. The maximum Gasteiger partial charge on any atom is 0.209 e. The molecule has 3 N–H and O–H groups in total. The topological polar surface area (TPSA) is 123 Å². The molecule has 9 nitrogen and oxygen atoms in total. The average molecular weight is 512 g/mol. The first-order valence-electron chi connectivity index (χ1n) is 12.3. The number of hydrogen-bond acceptors (Lipinski definition) is 8. The number of amides is 1. The number of aliphatic hydroxyl groups is 3. The van der Waals surface area contributed by atoms with Crippen LogP contribution in [0.5, 0.6) is 0 Å². The molecule has 0 saturated carbocycles. The van der Waals surface area contributed by atoms with Gasteiger partial charge >= 0.3 is 0 Å². The Morgan fingerprint density at radius 1 is 0.865 bits per heavy atom. The molecule has 0 radical (unpaired) electrons. The second-order valence-corrected chi connectivity index (χ2v) is 8.53. The normalized spacial score (nSPS) is 11.0. The van der Waals surface area contributed by atoms with E-state index in [4.69, 9.17) is 15.3 Å². The van der Waals surface area contributed by atoms with Crippen molar-refractivity contribution < 1.29 is 20.1 Å². The Labute approximate surface area is 220 Å². The van der Waals surface area contributed by atoms with Crippen LogP contribution >= 0.6 is 0 Å². The Balaban J connectivity index is 0.000000417. The summed E-state index contributed by atoms with van der Waals surface area (Å²) in [6.45, 7) is 4.90. The Bertz CT molecular complexity index is 904.